The Morgan fingerprint density at radius 2 is 2.12 bits per heavy atom. The van der Waals surface area contributed by atoms with Crippen LogP contribution < -0.4 is 0 Å². The van der Waals surface area contributed by atoms with E-state index in [1.165, 1.54) is 0 Å². The molecule has 1 N–H and O–H groups in total. The van der Waals surface area contributed by atoms with Crippen LogP contribution in [0.2, 0.25) is 0 Å². The van der Waals surface area contributed by atoms with E-state index in [2.05, 4.69) is 6.92 Å². The Morgan fingerprint density at radius 3 is 2.82 bits per heavy atom. The van der Waals surface area contributed by atoms with Crippen molar-refractivity contribution in [2.24, 2.45) is 0 Å². The van der Waals surface area contributed by atoms with Crippen LogP contribution >= 0.6 is 0 Å². The van der Waals surface area contributed by atoms with Gasteiger partial charge in [0.2, 0.25) is 0 Å². The molecule has 0 bridgehead atoms. The van der Waals surface area contributed by atoms with Crippen LogP contribution in [0.4, 0.5) is 0 Å². The van der Waals surface area contributed by atoms with Crippen LogP contribution in [0, 0.1) is 0 Å². The average Bonchev–Trinajstić information content (AvgIpc) is 2.28. The highest BCUT2D eigenvalue weighted by atomic mass is 16.8. The predicted octanol–water partition coefficient (Wildman–Crippen LogP) is 1.29. The third kappa shape index (κ3) is 5.79. The molecule has 0 aliphatic carbocycles. The van der Waals surface area contributed by atoms with Gasteiger partial charge in [-0.25, -0.2) is 0 Å². The number of rotatable bonds is 5. The normalized spacial score (nSPS) is 29.6. The lowest BCUT2D eigenvalue weighted by Crippen LogP contribution is -2.44. The molecule has 102 valence electrons. The second-order valence-electron chi connectivity index (χ2n) is 4.67. The largest absolute Gasteiger partial charge is 0.388 e. The maximum atomic E-state index is 9.88. The van der Waals surface area contributed by atoms with Gasteiger partial charge in [0.05, 0.1) is 13.2 Å². The molecular weight excluding hydrogens is 224 g/mol. The molecule has 5 nitrogen and oxygen atoms in total. The fraction of sp³-hybridized carbons (Fsp3) is 1.00. The maximum Gasteiger partial charge on any atom is 0.165 e. The van der Waals surface area contributed by atoms with Gasteiger partial charge in [-0.15, -0.1) is 0 Å². The van der Waals surface area contributed by atoms with Crippen LogP contribution in [0.5, 0.6) is 0 Å². The highest BCUT2D eigenvalue weighted by Crippen LogP contribution is 2.17. The summed E-state index contributed by atoms with van der Waals surface area (Å²) in [5.41, 5.74) is 0. The lowest BCUT2D eigenvalue weighted by molar-refractivity contribution is -0.300. The first-order valence-corrected chi connectivity index (χ1v) is 6.20. The van der Waals surface area contributed by atoms with Gasteiger partial charge in [-0.05, 0) is 20.3 Å². The minimum atomic E-state index is -0.713. The average molecular weight is 248 g/mol. The molecule has 1 aliphatic rings. The van der Waals surface area contributed by atoms with Crippen LogP contribution in [0.3, 0.4) is 0 Å². The molecule has 0 radical (unpaired) electrons. The van der Waals surface area contributed by atoms with Crippen molar-refractivity contribution in [1.29, 1.82) is 0 Å². The van der Waals surface area contributed by atoms with Gasteiger partial charge >= 0.3 is 0 Å². The first-order chi connectivity index (χ1) is 8.05. The van der Waals surface area contributed by atoms with Crippen molar-refractivity contribution in [3.05, 3.63) is 0 Å². The molecule has 0 aromatic heterocycles. The predicted molar refractivity (Wildman–Crippen MR) is 62.6 cm³/mol. The summed E-state index contributed by atoms with van der Waals surface area (Å²) < 4.78 is 21.7. The molecule has 0 spiro atoms. The number of aliphatic hydroxyl groups is 1. The minimum absolute atomic E-state index is 0.103. The summed E-state index contributed by atoms with van der Waals surface area (Å²) in [6, 6.07) is 0. The Labute approximate surface area is 103 Å². The van der Waals surface area contributed by atoms with Crippen molar-refractivity contribution >= 4 is 0 Å². The summed E-state index contributed by atoms with van der Waals surface area (Å²) in [6.07, 6.45) is 1.04. The van der Waals surface area contributed by atoms with Crippen LogP contribution in [-0.4, -0.2) is 49.7 Å². The molecule has 5 heteroatoms. The lowest BCUT2D eigenvalue weighted by atomic mass is 10.2. The summed E-state index contributed by atoms with van der Waals surface area (Å²) >= 11 is 0. The SMILES string of the molecule is CCCCOC[C@H]1OCOC(C)(C)OC[C@@H]1O. The Balaban J connectivity index is 2.29. The molecule has 1 heterocycles. The molecule has 1 rings (SSSR count). The zero-order valence-electron chi connectivity index (χ0n) is 11.0. The van der Waals surface area contributed by atoms with Crippen molar-refractivity contribution in [1.82, 2.24) is 0 Å². The standard InChI is InChI=1S/C12H24O5/c1-4-5-6-14-8-11-10(13)7-16-12(2,3)17-9-15-11/h10-11,13H,4-9H2,1-3H3/t10-,11+/m0/s1. The molecule has 0 unspecified atom stereocenters. The van der Waals surface area contributed by atoms with E-state index in [4.69, 9.17) is 18.9 Å². The zero-order chi connectivity index (χ0) is 12.7. The second-order valence-corrected chi connectivity index (χ2v) is 4.67. The molecule has 1 aliphatic heterocycles. The van der Waals surface area contributed by atoms with Gasteiger partial charge in [0.25, 0.3) is 0 Å². The Hall–Kier alpha value is -0.200. The monoisotopic (exact) mass is 248 g/mol. The smallest absolute Gasteiger partial charge is 0.165 e. The zero-order valence-corrected chi connectivity index (χ0v) is 11.0. The molecule has 17 heavy (non-hydrogen) atoms. The molecule has 1 fully saturated rings. The van der Waals surface area contributed by atoms with E-state index in [0.29, 0.717) is 13.2 Å². The summed E-state index contributed by atoms with van der Waals surface area (Å²) in [7, 11) is 0. The van der Waals surface area contributed by atoms with Crippen molar-refractivity contribution < 1.29 is 24.1 Å². The molecule has 0 aromatic carbocycles. The highest BCUT2D eigenvalue weighted by Gasteiger charge is 2.29. The number of hydrogen-bond acceptors (Lipinski definition) is 5. The van der Waals surface area contributed by atoms with Crippen molar-refractivity contribution in [2.45, 2.75) is 51.6 Å². The summed E-state index contributed by atoms with van der Waals surface area (Å²) in [5, 5.41) is 9.88. The quantitative estimate of drug-likeness (QED) is 0.743. The van der Waals surface area contributed by atoms with Gasteiger partial charge in [-0.2, -0.15) is 0 Å². The summed E-state index contributed by atoms with van der Waals surface area (Å²) in [4.78, 5) is 0. The van der Waals surface area contributed by atoms with Gasteiger partial charge in [-0.3, -0.25) is 0 Å². The molecule has 2 atom stereocenters. The van der Waals surface area contributed by atoms with Gasteiger partial charge in [0.1, 0.15) is 12.2 Å². The minimum Gasteiger partial charge on any atom is -0.388 e. The van der Waals surface area contributed by atoms with Crippen LogP contribution in [0.1, 0.15) is 33.6 Å². The van der Waals surface area contributed by atoms with E-state index >= 15 is 0 Å². The highest BCUT2D eigenvalue weighted by molar-refractivity contribution is 4.71. The number of unbranched alkanes of at least 4 members (excludes halogenated alkanes) is 1. The van der Waals surface area contributed by atoms with Crippen molar-refractivity contribution in [2.75, 3.05) is 26.6 Å². The molecule has 0 saturated carbocycles. The first kappa shape index (κ1) is 14.9. The second kappa shape index (κ2) is 7.28. The molecule has 0 aromatic rings. The van der Waals surface area contributed by atoms with Gasteiger partial charge in [0.15, 0.2) is 12.6 Å². The Bertz CT molecular complexity index is 207. The van der Waals surface area contributed by atoms with Crippen LogP contribution in [0.25, 0.3) is 0 Å². The van der Waals surface area contributed by atoms with E-state index in [1.54, 1.807) is 13.8 Å². The molecular formula is C12H24O5. The fourth-order valence-corrected chi connectivity index (χ4v) is 1.41. The number of ether oxygens (including phenoxy) is 4. The van der Waals surface area contributed by atoms with Gasteiger partial charge in [0, 0.05) is 6.61 Å². The van der Waals surface area contributed by atoms with E-state index < -0.39 is 11.9 Å². The van der Waals surface area contributed by atoms with E-state index in [0.717, 1.165) is 12.8 Å². The Kier molecular flexibility index (Phi) is 6.37. The van der Waals surface area contributed by atoms with Gasteiger partial charge < -0.3 is 24.1 Å². The van der Waals surface area contributed by atoms with Crippen molar-refractivity contribution in [3.63, 3.8) is 0 Å². The fourth-order valence-electron chi connectivity index (χ4n) is 1.41. The molecule has 1 saturated heterocycles. The topological polar surface area (TPSA) is 57.2 Å². The third-order valence-electron chi connectivity index (χ3n) is 2.64. The summed E-state index contributed by atoms with van der Waals surface area (Å²) in [6.45, 7) is 7.04. The van der Waals surface area contributed by atoms with E-state index in [-0.39, 0.29) is 19.5 Å². The van der Waals surface area contributed by atoms with E-state index in [9.17, 15) is 5.11 Å². The van der Waals surface area contributed by atoms with Crippen molar-refractivity contribution in [3.8, 4) is 0 Å². The van der Waals surface area contributed by atoms with Crippen LogP contribution in [0.15, 0.2) is 0 Å². The first-order valence-electron chi connectivity index (χ1n) is 6.20. The number of aliphatic hydroxyl groups excluding tert-OH is 1. The molecule has 0 amide bonds. The van der Waals surface area contributed by atoms with E-state index in [1.807, 2.05) is 0 Å². The lowest BCUT2D eigenvalue weighted by Gasteiger charge is -2.33. The number of hydrogen-bond donors (Lipinski definition) is 1. The van der Waals surface area contributed by atoms with Crippen LogP contribution in [-0.2, 0) is 18.9 Å². The summed E-state index contributed by atoms with van der Waals surface area (Å²) in [5.74, 6) is -0.713. The Morgan fingerprint density at radius 1 is 1.35 bits per heavy atom. The third-order valence-corrected chi connectivity index (χ3v) is 2.64. The van der Waals surface area contributed by atoms with Gasteiger partial charge in [-0.1, -0.05) is 13.3 Å². The maximum absolute atomic E-state index is 9.88.